The van der Waals surface area contributed by atoms with Gasteiger partial charge in [0.15, 0.2) is 5.82 Å². The van der Waals surface area contributed by atoms with E-state index in [1.54, 1.807) is 23.9 Å². The maximum absolute atomic E-state index is 12.9. The lowest BCUT2D eigenvalue weighted by Crippen LogP contribution is -2.14. The number of hydrogen-bond donors (Lipinski definition) is 1. The number of methoxy groups -OCH3 is 1. The maximum atomic E-state index is 12.9. The summed E-state index contributed by atoms with van der Waals surface area (Å²) in [7, 11) is 1.37. The lowest BCUT2D eigenvalue weighted by molar-refractivity contribution is 0.0600. The van der Waals surface area contributed by atoms with Crippen LogP contribution in [0.5, 0.6) is 0 Å². The smallest absolute Gasteiger partial charge is 0.337 e. The summed E-state index contributed by atoms with van der Waals surface area (Å²) in [5.41, 5.74) is 2.13. The van der Waals surface area contributed by atoms with Crippen LogP contribution in [0.2, 0.25) is 0 Å². The highest BCUT2D eigenvalue weighted by atomic mass is 32.2. The molecule has 1 atom stereocenters. The molecule has 7 heteroatoms. The van der Waals surface area contributed by atoms with Gasteiger partial charge in [0.05, 0.1) is 34.6 Å². The number of thioether (sulfide) groups is 1. The van der Waals surface area contributed by atoms with Gasteiger partial charge in [0, 0.05) is 0 Å². The molecule has 1 aromatic heterocycles. The highest BCUT2D eigenvalue weighted by Gasteiger charge is 2.32. The number of benzene rings is 1. The molecule has 28 heavy (non-hydrogen) atoms. The van der Waals surface area contributed by atoms with E-state index in [2.05, 4.69) is 5.10 Å². The van der Waals surface area contributed by atoms with E-state index in [-0.39, 0.29) is 16.8 Å². The Morgan fingerprint density at radius 3 is 2.50 bits per heavy atom. The number of rotatable bonds is 3. The van der Waals surface area contributed by atoms with E-state index in [0.29, 0.717) is 17.2 Å². The Labute approximate surface area is 168 Å². The van der Waals surface area contributed by atoms with Crippen molar-refractivity contribution >= 4 is 28.6 Å². The third kappa shape index (κ3) is 3.55. The van der Waals surface area contributed by atoms with Crippen LogP contribution in [0.25, 0.3) is 0 Å². The molecule has 1 saturated carbocycles. The molecule has 1 aromatic carbocycles. The Balaban J connectivity index is 1.73. The molecule has 2 aliphatic rings. The van der Waals surface area contributed by atoms with Gasteiger partial charge in [-0.2, -0.15) is 0 Å². The Hall–Kier alpha value is -2.28. The van der Waals surface area contributed by atoms with Crippen LogP contribution in [0.3, 0.4) is 0 Å². The molecule has 0 saturated heterocycles. The van der Waals surface area contributed by atoms with Crippen molar-refractivity contribution in [3.63, 3.8) is 0 Å². The fraction of sp³-hybridized carbons (Fsp3) is 0.476. The molecular weight excluding hydrogens is 374 g/mol. The number of aromatic nitrogens is 2. The zero-order chi connectivity index (χ0) is 19.7. The summed E-state index contributed by atoms with van der Waals surface area (Å²) in [6.07, 6.45) is 7.06. The Morgan fingerprint density at radius 1 is 1.18 bits per heavy atom. The largest absolute Gasteiger partial charge is 0.465 e. The summed E-state index contributed by atoms with van der Waals surface area (Å²) >= 11 is 1.58. The standard InChI is InChI=1S/C21H25N3O3S/c1-13-22-19-17(20(25)23-24(19)16-7-5-3-4-6-8-16)18(28-13)14-9-11-15(12-10-14)21(26)27-2/h9-12,16,18H,3-8H2,1-2H3,(H,23,25). The first-order valence-corrected chi connectivity index (χ1v) is 10.7. The minimum atomic E-state index is -0.362. The number of aliphatic imine (C=N–C) groups is 1. The molecule has 148 valence electrons. The first-order chi connectivity index (χ1) is 13.6. The summed E-state index contributed by atoms with van der Waals surface area (Å²) in [4.78, 5) is 29.3. The molecule has 1 N–H and O–H groups in total. The van der Waals surface area contributed by atoms with Crippen LogP contribution in [0.4, 0.5) is 5.82 Å². The van der Waals surface area contributed by atoms with E-state index in [1.807, 2.05) is 23.7 Å². The van der Waals surface area contributed by atoms with E-state index < -0.39 is 0 Å². The molecule has 2 heterocycles. The number of fused-ring (bicyclic) bond motifs is 1. The average molecular weight is 400 g/mol. The molecule has 0 bridgehead atoms. The van der Waals surface area contributed by atoms with E-state index in [0.717, 1.165) is 29.3 Å². The molecule has 0 spiro atoms. The van der Waals surface area contributed by atoms with Crippen molar-refractivity contribution < 1.29 is 9.53 Å². The quantitative estimate of drug-likeness (QED) is 0.597. The van der Waals surface area contributed by atoms with Crippen LogP contribution in [-0.2, 0) is 4.74 Å². The fourth-order valence-electron chi connectivity index (χ4n) is 4.14. The third-order valence-corrected chi connectivity index (χ3v) is 6.75. The van der Waals surface area contributed by atoms with Gasteiger partial charge in [-0.25, -0.2) is 9.79 Å². The minimum absolute atomic E-state index is 0.0648. The molecule has 1 fully saturated rings. The van der Waals surface area contributed by atoms with Crippen LogP contribution < -0.4 is 5.56 Å². The molecule has 1 aliphatic carbocycles. The second kappa shape index (κ2) is 7.99. The SMILES string of the molecule is COC(=O)c1ccc(C2SC(C)=Nc3c2c(=O)[nH]n3C2CCCCCC2)cc1. The van der Waals surface area contributed by atoms with Crippen LogP contribution in [-0.4, -0.2) is 27.9 Å². The lowest BCUT2D eigenvalue weighted by Gasteiger charge is -2.23. The average Bonchev–Trinajstić information content (AvgIpc) is 2.89. The van der Waals surface area contributed by atoms with Gasteiger partial charge in [0.2, 0.25) is 0 Å². The number of aromatic amines is 1. The molecule has 6 nitrogen and oxygen atoms in total. The highest BCUT2D eigenvalue weighted by Crippen LogP contribution is 2.45. The van der Waals surface area contributed by atoms with Crippen LogP contribution >= 0.6 is 11.8 Å². The Bertz CT molecular complexity index is 950. The van der Waals surface area contributed by atoms with Gasteiger partial charge in [-0.3, -0.25) is 14.6 Å². The molecule has 2 aromatic rings. The molecule has 0 amide bonds. The normalized spacial score (nSPS) is 20.2. The van der Waals surface area contributed by atoms with Gasteiger partial charge >= 0.3 is 5.97 Å². The van der Waals surface area contributed by atoms with Crippen molar-refractivity contribution in [3.8, 4) is 0 Å². The van der Waals surface area contributed by atoms with Crippen molar-refractivity contribution in [2.45, 2.75) is 56.7 Å². The first kappa shape index (κ1) is 19.1. The highest BCUT2D eigenvalue weighted by molar-refractivity contribution is 8.14. The van der Waals surface area contributed by atoms with Crippen molar-refractivity contribution in [1.29, 1.82) is 0 Å². The van der Waals surface area contributed by atoms with Gasteiger partial charge in [0.25, 0.3) is 5.56 Å². The van der Waals surface area contributed by atoms with Crippen molar-refractivity contribution in [2.24, 2.45) is 4.99 Å². The third-order valence-electron chi connectivity index (χ3n) is 5.57. The first-order valence-electron chi connectivity index (χ1n) is 9.83. The predicted octanol–water partition coefficient (Wildman–Crippen LogP) is 4.74. The van der Waals surface area contributed by atoms with Gasteiger partial charge < -0.3 is 4.74 Å². The topological polar surface area (TPSA) is 76.4 Å². The second-order valence-electron chi connectivity index (χ2n) is 7.44. The number of nitrogens with zero attached hydrogens (tertiary/aromatic N) is 2. The number of ether oxygens (including phenoxy) is 1. The Kier molecular flexibility index (Phi) is 5.44. The fourth-order valence-corrected chi connectivity index (χ4v) is 5.24. The number of H-pyrrole nitrogens is 1. The molecule has 1 unspecified atom stereocenters. The Morgan fingerprint density at radius 2 is 1.86 bits per heavy atom. The van der Waals surface area contributed by atoms with Crippen molar-refractivity contribution in [3.05, 3.63) is 51.3 Å². The maximum Gasteiger partial charge on any atom is 0.337 e. The molecular formula is C21H25N3O3S. The summed E-state index contributed by atoms with van der Waals surface area (Å²) in [5.74, 6) is 0.411. The van der Waals surface area contributed by atoms with E-state index in [9.17, 15) is 9.59 Å². The summed E-state index contributed by atoms with van der Waals surface area (Å²) in [6, 6.07) is 7.60. The van der Waals surface area contributed by atoms with Crippen LogP contribution in [0.1, 0.15) is 78.2 Å². The van der Waals surface area contributed by atoms with Gasteiger partial charge in [0.1, 0.15) is 0 Å². The summed E-state index contributed by atoms with van der Waals surface area (Å²) in [6.45, 7) is 1.98. The van der Waals surface area contributed by atoms with Gasteiger partial charge in [-0.05, 0) is 37.5 Å². The summed E-state index contributed by atoms with van der Waals surface area (Å²) in [5, 5.41) is 3.89. The zero-order valence-electron chi connectivity index (χ0n) is 16.2. The second-order valence-corrected chi connectivity index (χ2v) is 8.73. The molecule has 0 radical (unpaired) electrons. The number of carbonyl (C=O) groups is 1. The zero-order valence-corrected chi connectivity index (χ0v) is 17.1. The van der Waals surface area contributed by atoms with Gasteiger partial charge in [-0.1, -0.05) is 49.6 Å². The van der Waals surface area contributed by atoms with Crippen molar-refractivity contribution in [2.75, 3.05) is 7.11 Å². The lowest BCUT2D eigenvalue weighted by atomic mass is 10.0. The van der Waals surface area contributed by atoms with Crippen molar-refractivity contribution in [1.82, 2.24) is 9.78 Å². The van der Waals surface area contributed by atoms with E-state index >= 15 is 0 Å². The number of esters is 1. The monoisotopic (exact) mass is 399 g/mol. The van der Waals surface area contributed by atoms with Gasteiger partial charge in [-0.15, -0.1) is 0 Å². The predicted molar refractivity (Wildman–Crippen MR) is 112 cm³/mol. The summed E-state index contributed by atoms with van der Waals surface area (Å²) < 4.78 is 6.79. The number of nitrogens with one attached hydrogen (secondary N) is 1. The van der Waals surface area contributed by atoms with Crippen LogP contribution in [0.15, 0.2) is 34.1 Å². The number of carbonyl (C=O) groups excluding carboxylic acids is 1. The molecule has 4 rings (SSSR count). The minimum Gasteiger partial charge on any atom is -0.465 e. The number of hydrogen-bond acceptors (Lipinski definition) is 5. The van der Waals surface area contributed by atoms with E-state index in [1.165, 1.54) is 32.8 Å². The van der Waals surface area contributed by atoms with Crippen LogP contribution in [0, 0.1) is 0 Å². The molecule has 1 aliphatic heterocycles. The van der Waals surface area contributed by atoms with E-state index in [4.69, 9.17) is 9.73 Å².